The number of hydrogen-bond donors (Lipinski definition) is 0. The molecule has 0 aliphatic heterocycles. The summed E-state index contributed by atoms with van der Waals surface area (Å²) in [6.45, 7) is 0.713. The average Bonchev–Trinajstić information content (AvgIpc) is 2.60. The van der Waals surface area contributed by atoms with E-state index in [1.807, 2.05) is 0 Å². The Morgan fingerprint density at radius 3 is 1.33 bits per heavy atom. The van der Waals surface area contributed by atoms with Crippen LogP contribution in [0.2, 0.25) is 0 Å². The minimum Gasteiger partial charge on any atom is -0.467 e. The van der Waals surface area contributed by atoms with Crippen LogP contribution >= 0.6 is 0 Å². The molecular formula is C14H26O10. The predicted molar refractivity (Wildman–Crippen MR) is 79.2 cm³/mol. The number of carbonyl (C=O) groups excluding carboxylic acids is 2. The fourth-order valence-corrected chi connectivity index (χ4v) is 1.44. The van der Waals surface area contributed by atoms with Gasteiger partial charge in [0.2, 0.25) is 0 Å². The van der Waals surface area contributed by atoms with Crippen molar-refractivity contribution in [3.8, 4) is 0 Å². The summed E-state index contributed by atoms with van der Waals surface area (Å²) in [4.78, 5) is 23.7. The van der Waals surface area contributed by atoms with Crippen molar-refractivity contribution in [2.75, 3.05) is 68.5 Å². The van der Waals surface area contributed by atoms with E-state index in [2.05, 4.69) is 9.47 Å². The highest BCUT2D eigenvalue weighted by molar-refractivity contribution is 5.85. The highest BCUT2D eigenvalue weighted by Crippen LogP contribution is 2.10. The van der Waals surface area contributed by atoms with Gasteiger partial charge in [-0.25, -0.2) is 9.59 Å². The van der Waals surface area contributed by atoms with Gasteiger partial charge in [0.1, 0.15) is 13.6 Å². The second-order valence-corrected chi connectivity index (χ2v) is 4.26. The molecule has 0 aromatic carbocycles. The first-order valence-corrected chi connectivity index (χ1v) is 7.14. The second-order valence-electron chi connectivity index (χ2n) is 4.26. The molecule has 0 N–H and O–H groups in total. The fraction of sp³-hybridized carbons (Fsp3) is 0.857. The molecule has 10 heteroatoms. The Bertz CT molecular complexity index is 304. The Morgan fingerprint density at radius 2 is 1.04 bits per heavy atom. The van der Waals surface area contributed by atoms with Crippen LogP contribution in [0.1, 0.15) is 0 Å². The molecular weight excluding hydrogens is 328 g/mol. The molecule has 0 aliphatic rings. The summed E-state index contributed by atoms with van der Waals surface area (Å²) in [6.07, 6.45) is -2.73. The van der Waals surface area contributed by atoms with E-state index in [9.17, 15) is 9.59 Å². The van der Waals surface area contributed by atoms with Crippen molar-refractivity contribution in [1.29, 1.82) is 0 Å². The Morgan fingerprint density at radius 1 is 0.667 bits per heavy atom. The minimum absolute atomic E-state index is 0.258. The third kappa shape index (κ3) is 9.75. The van der Waals surface area contributed by atoms with Crippen molar-refractivity contribution in [3.63, 3.8) is 0 Å². The van der Waals surface area contributed by atoms with Crippen LogP contribution in [0.25, 0.3) is 0 Å². The minimum atomic E-state index is -1.36. The summed E-state index contributed by atoms with van der Waals surface area (Å²) in [6, 6.07) is 0. The number of rotatable bonds is 15. The molecule has 0 aliphatic carbocycles. The highest BCUT2D eigenvalue weighted by Gasteiger charge is 2.37. The summed E-state index contributed by atoms with van der Waals surface area (Å²) in [5.41, 5.74) is 0. The second kappa shape index (κ2) is 15.2. The van der Waals surface area contributed by atoms with E-state index in [0.29, 0.717) is 13.2 Å². The molecule has 0 radical (unpaired) electrons. The third-order valence-corrected chi connectivity index (χ3v) is 2.67. The summed E-state index contributed by atoms with van der Waals surface area (Å²) < 4.78 is 39.6. The molecule has 0 amide bonds. The molecule has 2 atom stereocenters. The standard InChI is InChI=1S/C14H26O10/c1-17-5-7-21-9-23-11(13(15)19-3)12(14(16)20-4)24-10-22-8-6-18-2/h11-12H,5-10H2,1-4H3/t11-,12-/m1/s1. The van der Waals surface area contributed by atoms with Gasteiger partial charge in [0, 0.05) is 14.2 Å². The maximum atomic E-state index is 11.9. The summed E-state index contributed by atoms with van der Waals surface area (Å²) >= 11 is 0. The lowest BCUT2D eigenvalue weighted by Crippen LogP contribution is -2.45. The smallest absolute Gasteiger partial charge is 0.338 e. The van der Waals surface area contributed by atoms with E-state index in [-0.39, 0.29) is 26.8 Å². The number of carbonyl (C=O) groups is 2. The Hall–Kier alpha value is -1.30. The third-order valence-electron chi connectivity index (χ3n) is 2.67. The van der Waals surface area contributed by atoms with Crippen molar-refractivity contribution in [3.05, 3.63) is 0 Å². The number of methoxy groups -OCH3 is 4. The van der Waals surface area contributed by atoms with Gasteiger partial charge in [0.15, 0.2) is 12.2 Å². The lowest BCUT2D eigenvalue weighted by atomic mass is 10.2. The molecule has 0 heterocycles. The van der Waals surface area contributed by atoms with Crippen molar-refractivity contribution in [2.45, 2.75) is 12.2 Å². The monoisotopic (exact) mass is 354 g/mol. The normalized spacial score (nSPS) is 13.3. The SMILES string of the molecule is COCCOCO[C@@H](C(=O)OC)[C@@H](OCOCCOC)C(=O)OC. The number of hydrogen-bond acceptors (Lipinski definition) is 10. The van der Waals surface area contributed by atoms with Gasteiger partial charge in [-0.15, -0.1) is 0 Å². The molecule has 0 spiro atoms. The predicted octanol–water partition coefficient (Wildman–Crippen LogP) is -0.656. The van der Waals surface area contributed by atoms with Gasteiger partial charge in [0.05, 0.1) is 40.6 Å². The van der Waals surface area contributed by atoms with E-state index in [0.717, 1.165) is 14.2 Å². The topological polar surface area (TPSA) is 108 Å². The van der Waals surface area contributed by atoms with Gasteiger partial charge in [-0.3, -0.25) is 0 Å². The van der Waals surface area contributed by atoms with Crippen LogP contribution < -0.4 is 0 Å². The average molecular weight is 354 g/mol. The summed E-state index contributed by atoms with van der Waals surface area (Å²) in [7, 11) is 5.36. The number of esters is 2. The maximum Gasteiger partial charge on any atom is 0.338 e. The summed E-state index contributed by atoms with van der Waals surface area (Å²) in [5, 5.41) is 0. The van der Waals surface area contributed by atoms with Crippen LogP contribution in [0.5, 0.6) is 0 Å². The van der Waals surface area contributed by atoms with Crippen molar-refractivity contribution < 1.29 is 47.5 Å². The van der Waals surface area contributed by atoms with Gasteiger partial charge in [-0.05, 0) is 0 Å². The van der Waals surface area contributed by atoms with Gasteiger partial charge >= 0.3 is 11.9 Å². The van der Waals surface area contributed by atoms with E-state index >= 15 is 0 Å². The zero-order chi connectivity index (χ0) is 18.2. The molecule has 0 bridgehead atoms. The molecule has 0 aromatic rings. The number of ether oxygens (including phenoxy) is 8. The maximum absolute atomic E-state index is 11.9. The largest absolute Gasteiger partial charge is 0.467 e. The van der Waals surface area contributed by atoms with E-state index in [4.69, 9.17) is 28.4 Å². The zero-order valence-electron chi connectivity index (χ0n) is 14.5. The Labute approximate surface area is 141 Å². The molecule has 0 saturated carbocycles. The van der Waals surface area contributed by atoms with E-state index in [1.165, 1.54) is 14.2 Å². The first-order valence-electron chi connectivity index (χ1n) is 7.14. The van der Waals surface area contributed by atoms with Crippen LogP contribution in [0, 0.1) is 0 Å². The molecule has 10 nitrogen and oxygen atoms in total. The first kappa shape index (κ1) is 22.7. The lowest BCUT2D eigenvalue weighted by Gasteiger charge is -2.23. The Kier molecular flexibility index (Phi) is 14.4. The van der Waals surface area contributed by atoms with E-state index in [1.54, 1.807) is 0 Å². The van der Waals surface area contributed by atoms with Crippen molar-refractivity contribution in [1.82, 2.24) is 0 Å². The highest BCUT2D eigenvalue weighted by atomic mass is 16.7. The van der Waals surface area contributed by atoms with Gasteiger partial charge < -0.3 is 37.9 Å². The lowest BCUT2D eigenvalue weighted by molar-refractivity contribution is -0.204. The molecule has 0 saturated heterocycles. The van der Waals surface area contributed by atoms with Crippen LogP contribution in [0.4, 0.5) is 0 Å². The quantitative estimate of drug-likeness (QED) is 0.214. The molecule has 142 valence electrons. The molecule has 0 rings (SSSR count). The summed E-state index contributed by atoms with van der Waals surface area (Å²) in [5.74, 6) is -1.62. The van der Waals surface area contributed by atoms with Gasteiger partial charge in [-0.1, -0.05) is 0 Å². The molecule has 0 aromatic heterocycles. The molecule has 24 heavy (non-hydrogen) atoms. The van der Waals surface area contributed by atoms with Crippen LogP contribution in [0.3, 0.4) is 0 Å². The van der Waals surface area contributed by atoms with E-state index < -0.39 is 24.1 Å². The van der Waals surface area contributed by atoms with Crippen LogP contribution in [-0.2, 0) is 47.5 Å². The first-order chi connectivity index (χ1) is 11.6. The van der Waals surface area contributed by atoms with Crippen LogP contribution in [0.15, 0.2) is 0 Å². The van der Waals surface area contributed by atoms with Crippen molar-refractivity contribution >= 4 is 11.9 Å². The van der Waals surface area contributed by atoms with Crippen LogP contribution in [-0.4, -0.2) is 92.6 Å². The zero-order valence-corrected chi connectivity index (χ0v) is 14.5. The van der Waals surface area contributed by atoms with Gasteiger partial charge in [-0.2, -0.15) is 0 Å². The molecule has 0 fully saturated rings. The van der Waals surface area contributed by atoms with Gasteiger partial charge in [0.25, 0.3) is 0 Å². The Balaban J connectivity index is 4.62. The van der Waals surface area contributed by atoms with Crippen molar-refractivity contribution in [2.24, 2.45) is 0 Å². The molecule has 0 unspecified atom stereocenters. The fourth-order valence-electron chi connectivity index (χ4n) is 1.44.